The molecule has 0 aliphatic carbocycles. The quantitative estimate of drug-likeness (QED) is 0.601. The zero-order chi connectivity index (χ0) is 11.7. The van der Waals surface area contributed by atoms with E-state index in [9.17, 15) is 9.59 Å². The van der Waals surface area contributed by atoms with Crippen LogP contribution in [-0.2, 0) is 9.68 Å². The van der Waals surface area contributed by atoms with Gasteiger partial charge in [0.05, 0.1) is 5.56 Å². The lowest BCUT2D eigenvalue weighted by atomic mass is 10.2. The second-order valence-electron chi connectivity index (χ2n) is 2.80. The molecule has 0 saturated carbocycles. The molecule has 1 rings (SSSR count). The van der Waals surface area contributed by atoms with Crippen LogP contribution in [0.3, 0.4) is 0 Å². The van der Waals surface area contributed by atoms with E-state index in [4.69, 9.17) is 5.26 Å². The highest BCUT2D eigenvalue weighted by Gasteiger charge is 2.02. The molecule has 82 valence electrons. The first-order chi connectivity index (χ1) is 7.11. The standard InChI is InChI=1S/C7H6O3.C4H8O/c8-7(10-9)6-4-2-1-3-5-6;1-3-4(2)5/h1-5,9H;3H2,1-2H3. The smallest absolute Gasteiger partial charge is 0.300 e. The van der Waals surface area contributed by atoms with Gasteiger partial charge in [-0.25, -0.2) is 4.79 Å². The molecule has 15 heavy (non-hydrogen) atoms. The van der Waals surface area contributed by atoms with E-state index in [0.717, 1.165) is 0 Å². The summed E-state index contributed by atoms with van der Waals surface area (Å²) < 4.78 is 0. The maximum atomic E-state index is 10.5. The van der Waals surface area contributed by atoms with E-state index in [1.54, 1.807) is 37.3 Å². The average molecular weight is 210 g/mol. The van der Waals surface area contributed by atoms with Gasteiger partial charge in [0, 0.05) is 6.42 Å². The van der Waals surface area contributed by atoms with Crippen LogP contribution in [0.25, 0.3) is 0 Å². The van der Waals surface area contributed by atoms with Gasteiger partial charge in [-0.3, -0.25) is 4.89 Å². The third-order valence-electron chi connectivity index (χ3n) is 1.59. The molecule has 0 aliphatic rings. The number of carbonyl (C=O) groups is 2. The van der Waals surface area contributed by atoms with E-state index in [2.05, 4.69) is 4.89 Å². The monoisotopic (exact) mass is 210 g/mol. The topological polar surface area (TPSA) is 63.6 Å². The largest absolute Gasteiger partial charge is 0.372 e. The molecule has 0 atom stereocenters. The summed E-state index contributed by atoms with van der Waals surface area (Å²) in [5.41, 5.74) is 0.338. The van der Waals surface area contributed by atoms with Crippen LogP contribution in [0.15, 0.2) is 30.3 Å². The number of benzene rings is 1. The van der Waals surface area contributed by atoms with Crippen molar-refractivity contribution in [2.45, 2.75) is 20.3 Å². The predicted octanol–water partition coefficient (Wildman–Crippen LogP) is 2.30. The van der Waals surface area contributed by atoms with Gasteiger partial charge in [-0.2, -0.15) is 5.26 Å². The van der Waals surface area contributed by atoms with Crippen molar-refractivity contribution in [2.24, 2.45) is 0 Å². The molecular formula is C11H14O4. The number of ketones is 1. The normalized spacial score (nSPS) is 8.47. The molecule has 0 amide bonds. The summed E-state index contributed by atoms with van der Waals surface area (Å²) in [6.07, 6.45) is 0.667. The van der Waals surface area contributed by atoms with Crippen LogP contribution in [0.1, 0.15) is 30.6 Å². The molecule has 1 aromatic carbocycles. The molecule has 1 N–H and O–H groups in total. The van der Waals surface area contributed by atoms with Crippen LogP contribution in [0.5, 0.6) is 0 Å². The first kappa shape index (κ1) is 13.3. The Bertz CT molecular complexity index is 306. The molecule has 0 fully saturated rings. The Hall–Kier alpha value is -1.68. The summed E-state index contributed by atoms with van der Waals surface area (Å²) in [6, 6.07) is 8.25. The molecule has 0 unspecified atom stereocenters. The number of hydrogen-bond acceptors (Lipinski definition) is 4. The van der Waals surface area contributed by atoms with E-state index >= 15 is 0 Å². The van der Waals surface area contributed by atoms with Crippen molar-refractivity contribution < 1.29 is 19.7 Å². The zero-order valence-electron chi connectivity index (χ0n) is 8.77. The number of carbonyl (C=O) groups excluding carboxylic acids is 2. The predicted molar refractivity (Wildman–Crippen MR) is 55.5 cm³/mol. The molecule has 4 nitrogen and oxygen atoms in total. The lowest BCUT2D eigenvalue weighted by Gasteiger charge is -1.92. The van der Waals surface area contributed by atoms with Crippen molar-refractivity contribution >= 4 is 11.8 Å². The van der Waals surface area contributed by atoms with Gasteiger partial charge in [0.25, 0.3) is 0 Å². The summed E-state index contributed by atoms with van der Waals surface area (Å²) in [5.74, 6) is -0.481. The Labute approximate surface area is 88.4 Å². The molecular weight excluding hydrogens is 196 g/mol. The SMILES string of the molecule is CCC(C)=O.O=C(OO)c1ccccc1. The van der Waals surface area contributed by atoms with E-state index in [1.807, 2.05) is 6.92 Å². The highest BCUT2D eigenvalue weighted by Crippen LogP contribution is 1.98. The van der Waals surface area contributed by atoms with E-state index in [-0.39, 0.29) is 5.78 Å². The molecule has 0 saturated heterocycles. The highest BCUT2D eigenvalue weighted by molar-refractivity contribution is 5.88. The number of Topliss-reactive ketones (excluding diaryl/α,β-unsaturated/α-hetero) is 1. The highest BCUT2D eigenvalue weighted by atomic mass is 17.1. The Kier molecular flexibility index (Phi) is 6.84. The van der Waals surface area contributed by atoms with Gasteiger partial charge in [0.2, 0.25) is 0 Å². The van der Waals surface area contributed by atoms with Gasteiger partial charge in [-0.05, 0) is 19.1 Å². The molecule has 0 radical (unpaired) electrons. The van der Waals surface area contributed by atoms with Crippen LogP contribution < -0.4 is 0 Å². The minimum absolute atomic E-state index is 0.255. The second kappa shape index (κ2) is 7.70. The van der Waals surface area contributed by atoms with Gasteiger partial charge < -0.3 is 4.79 Å². The Morgan fingerprint density at radius 1 is 1.27 bits per heavy atom. The molecule has 0 heterocycles. The van der Waals surface area contributed by atoms with Crippen molar-refractivity contribution in [3.8, 4) is 0 Å². The van der Waals surface area contributed by atoms with Crippen LogP contribution in [0.4, 0.5) is 0 Å². The summed E-state index contributed by atoms with van der Waals surface area (Å²) in [5, 5.41) is 7.94. The molecule has 1 aromatic rings. The maximum absolute atomic E-state index is 10.5. The van der Waals surface area contributed by atoms with E-state index in [1.165, 1.54) is 0 Å². The van der Waals surface area contributed by atoms with Crippen molar-refractivity contribution in [2.75, 3.05) is 0 Å². The minimum Gasteiger partial charge on any atom is -0.300 e. The fourth-order valence-electron chi connectivity index (χ4n) is 0.627. The Morgan fingerprint density at radius 2 is 1.73 bits per heavy atom. The summed E-state index contributed by atoms with van der Waals surface area (Å²) in [4.78, 5) is 23.9. The van der Waals surface area contributed by atoms with Crippen LogP contribution in [0, 0.1) is 0 Å². The first-order valence-electron chi connectivity index (χ1n) is 4.52. The summed E-state index contributed by atoms with van der Waals surface area (Å²) in [7, 11) is 0. The maximum Gasteiger partial charge on any atom is 0.372 e. The molecule has 0 aliphatic heterocycles. The fourth-order valence-corrected chi connectivity index (χ4v) is 0.627. The molecule has 4 heteroatoms. The molecule has 0 aromatic heterocycles. The lowest BCUT2D eigenvalue weighted by Crippen LogP contribution is -2.00. The summed E-state index contributed by atoms with van der Waals surface area (Å²) >= 11 is 0. The van der Waals surface area contributed by atoms with Crippen molar-refractivity contribution in [3.63, 3.8) is 0 Å². The minimum atomic E-state index is -0.736. The molecule has 0 bridgehead atoms. The first-order valence-corrected chi connectivity index (χ1v) is 4.52. The van der Waals surface area contributed by atoms with Crippen LogP contribution in [-0.4, -0.2) is 17.0 Å². The third kappa shape index (κ3) is 6.40. The number of hydrogen-bond donors (Lipinski definition) is 1. The van der Waals surface area contributed by atoms with Crippen LogP contribution in [0.2, 0.25) is 0 Å². The van der Waals surface area contributed by atoms with Crippen molar-refractivity contribution in [3.05, 3.63) is 35.9 Å². The van der Waals surface area contributed by atoms with E-state index < -0.39 is 5.97 Å². The fraction of sp³-hybridized carbons (Fsp3) is 0.273. The van der Waals surface area contributed by atoms with Crippen LogP contribution >= 0.6 is 0 Å². The van der Waals surface area contributed by atoms with Gasteiger partial charge in [-0.1, -0.05) is 25.1 Å². The molecule has 0 spiro atoms. The third-order valence-corrected chi connectivity index (χ3v) is 1.59. The van der Waals surface area contributed by atoms with Gasteiger partial charge >= 0.3 is 5.97 Å². The van der Waals surface area contributed by atoms with Gasteiger partial charge in [0.1, 0.15) is 5.78 Å². The van der Waals surface area contributed by atoms with Crippen molar-refractivity contribution in [1.29, 1.82) is 0 Å². The summed E-state index contributed by atoms with van der Waals surface area (Å²) in [6.45, 7) is 3.43. The second-order valence-corrected chi connectivity index (χ2v) is 2.80. The van der Waals surface area contributed by atoms with Gasteiger partial charge in [-0.15, -0.1) is 0 Å². The van der Waals surface area contributed by atoms with E-state index in [0.29, 0.717) is 12.0 Å². The number of rotatable bonds is 2. The lowest BCUT2D eigenvalue weighted by molar-refractivity contribution is -0.182. The zero-order valence-corrected chi connectivity index (χ0v) is 8.77. The van der Waals surface area contributed by atoms with Gasteiger partial charge in [0.15, 0.2) is 0 Å². The Morgan fingerprint density at radius 3 is 2.07 bits per heavy atom. The average Bonchev–Trinajstić information content (AvgIpc) is 2.30. The van der Waals surface area contributed by atoms with Crippen molar-refractivity contribution in [1.82, 2.24) is 0 Å². The Balaban J connectivity index is 0.000000336.